The molecule has 1 atom stereocenters. The molecule has 1 aromatic heterocycles. The van der Waals surface area contributed by atoms with Crippen LogP contribution in [0.4, 0.5) is 5.69 Å². The summed E-state index contributed by atoms with van der Waals surface area (Å²) in [6.45, 7) is 5.76. The van der Waals surface area contributed by atoms with E-state index in [1.165, 1.54) is 0 Å². The molecular weight excluding hydrogens is 364 g/mol. The number of nitrogens with one attached hydrogen (secondary N) is 2. The predicted molar refractivity (Wildman–Crippen MR) is 114 cm³/mol. The van der Waals surface area contributed by atoms with Gasteiger partial charge in [-0.05, 0) is 38.5 Å². The normalized spacial score (nSPS) is 11.7. The van der Waals surface area contributed by atoms with Gasteiger partial charge in [0.05, 0.1) is 29.4 Å². The largest absolute Gasteiger partial charge is 0.345 e. The molecule has 3 aromatic rings. The molecule has 1 heterocycles. The van der Waals surface area contributed by atoms with Crippen LogP contribution in [0.25, 0.3) is 0 Å². The van der Waals surface area contributed by atoms with E-state index >= 15 is 0 Å². The summed E-state index contributed by atoms with van der Waals surface area (Å²) in [6, 6.07) is 16.6. The van der Waals surface area contributed by atoms with E-state index in [1.54, 1.807) is 28.9 Å². The van der Waals surface area contributed by atoms with Gasteiger partial charge < -0.3 is 10.6 Å². The number of para-hydroxylation sites is 1. The van der Waals surface area contributed by atoms with Gasteiger partial charge in [-0.3, -0.25) is 14.3 Å². The third-order valence-electron chi connectivity index (χ3n) is 5.09. The van der Waals surface area contributed by atoms with E-state index in [0.29, 0.717) is 11.3 Å². The van der Waals surface area contributed by atoms with Crippen LogP contribution in [-0.2, 0) is 18.3 Å². The van der Waals surface area contributed by atoms with Crippen LogP contribution in [0.3, 0.4) is 0 Å². The average Bonchev–Trinajstić information content (AvgIpc) is 2.95. The number of rotatable bonds is 6. The lowest BCUT2D eigenvalue weighted by molar-refractivity contribution is -0.115. The van der Waals surface area contributed by atoms with Crippen LogP contribution in [0.2, 0.25) is 0 Å². The summed E-state index contributed by atoms with van der Waals surface area (Å²) in [6.07, 6.45) is 0.210. The molecule has 0 spiro atoms. The number of nitrogens with zero attached hydrogens (tertiary/aromatic N) is 2. The van der Waals surface area contributed by atoms with Crippen LogP contribution in [0.15, 0.2) is 54.6 Å². The minimum absolute atomic E-state index is 0.145. The highest BCUT2D eigenvalue weighted by atomic mass is 16.2. The highest BCUT2D eigenvalue weighted by Crippen LogP contribution is 2.19. The van der Waals surface area contributed by atoms with Crippen LogP contribution in [0.5, 0.6) is 0 Å². The first-order valence-electron chi connectivity index (χ1n) is 9.60. The van der Waals surface area contributed by atoms with Crippen molar-refractivity contribution in [3.8, 4) is 0 Å². The Balaban J connectivity index is 1.73. The average molecular weight is 390 g/mol. The molecule has 0 aliphatic carbocycles. The van der Waals surface area contributed by atoms with Crippen molar-refractivity contribution in [2.24, 2.45) is 7.05 Å². The fourth-order valence-corrected chi connectivity index (χ4v) is 3.32. The van der Waals surface area contributed by atoms with Crippen LogP contribution in [0.1, 0.15) is 45.8 Å². The van der Waals surface area contributed by atoms with E-state index in [9.17, 15) is 9.59 Å². The van der Waals surface area contributed by atoms with Crippen LogP contribution >= 0.6 is 0 Å². The zero-order valence-corrected chi connectivity index (χ0v) is 17.2. The molecule has 2 aromatic carbocycles. The molecule has 150 valence electrons. The van der Waals surface area contributed by atoms with Crippen molar-refractivity contribution < 1.29 is 9.59 Å². The Kier molecular flexibility index (Phi) is 6.12. The van der Waals surface area contributed by atoms with Crippen LogP contribution in [-0.4, -0.2) is 21.6 Å². The molecule has 0 saturated heterocycles. The highest BCUT2D eigenvalue weighted by molar-refractivity contribution is 6.04. The summed E-state index contributed by atoms with van der Waals surface area (Å²) in [4.78, 5) is 25.5. The lowest BCUT2D eigenvalue weighted by atomic mass is 10.1. The van der Waals surface area contributed by atoms with Crippen molar-refractivity contribution in [3.05, 3.63) is 82.7 Å². The zero-order valence-electron chi connectivity index (χ0n) is 17.2. The smallest absolute Gasteiger partial charge is 0.253 e. The minimum Gasteiger partial charge on any atom is -0.345 e. The fraction of sp³-hybridized carbons (Fsp3) is 0.261. The van der Waals surface area contributed by atoms with Crippen molar-refractivity contribution in [3.63, 3.8) is 0 Å². The van der Waals surface area contributed by atoms with Crippen LogP contribution in [0, 0.1) is 13.8 Å². The first-order chi connectivity index (χ1) is 13.9. The highest BCUT2D eigenvalue weighted by Gasteiger charge is 2.18. The topological polar surface area (TPSA) is 76.0 Å². The van der Waals surface area contributed by atoms with Gasteiger partial charge >= 0.3 is 0 Å². The van der Waals surface area contributed by atoms with Gasteiger partial charge in [0.1, 0.15) is 0 Å². The Morgan fingerprint density at radius 1 is 1.03 bits per heavy atom. The van der Waals surface area contributed by atoms with Gasteiger partial charge in [0, 0.05) is 18.3 Å². The number of benzene rings is 2. The number of aryl methyl sites for hydroxylation is 2. The van der Waals surface area contributed by atoms with Crippen molar-refractivity contribution >= 4 is 17.5 Å². The first-order valence-corrected chi connectivity index (χ1v) is 9.60. The second-order valence-corrected chi connectivity index (χ2v) is 7.15. The van der Waals surface area contributed by atoms with Gasteiger partial charge in [-0.15, -0.1) is 0 Å². The summed E-state index contributed by atoms with van der Waals surface area (Å²) in [5, 5.41) is 10.2. The van der Waals surface area contributed by atoms with E-state index in [0.717, 1.165) is 22.5 Å². The Bertz CT molecular complexity index is 1020. The second-order valence-electron chi connectivity index (χ2n) is 7.15. The Labute approximate surface area is 170 Å². The van der Waals surface area contributed by atoms with E-state index in [1.807, 2.05) is 58.2 Å². The molecule has 0 unspecified atom stereocenters. The van der Waals surface area contributed by atoms with Crippen LogP contribution < -0.4 is 10.6 Å². The minimum atomic E-state index is -0.231. The molecule has 0 saturated carbocycles. The third-order valence-corrected chi connectivity index (χ3v) is 5.09. The number of anilines is 1. The lowest BCUT2D eigenvalue weighted by Crippen LogP contribution is -2.28. The van der Waals surface area contributed by atoms with Crippen molar-refractivity contribution in [1.82, 2.24) is 15.1 Å². The molecule has 29 heavy (non-hydrogen) atoms. The van der Waals surface area contributed by atoms with Gasteiger partial charge in [0.25, 0.3) is 5.91 Å². The van der Waals surface area contributed by atoms with Gasteiger partial charge in [-0.1, -0.05) is 42.5 Å². The summed E-state index contributed by atoms with van der Waals surface area (Å²) >= 11 is 0. The van der Waals surface area contributed by atoms with E-state index in [4.69, 9.17) is 0 Å². The van der Waals surface area contributed by atoms with Crippen molar-refractivity contribution in [2.75, 3.05) is 5.32 Å². The predicted octanol–water partition coefficient (Wildman–Crippen LogP) is 3.71. The Morgan fingerprint density at radius 3 is 2.34 bits per heavy atom. The SMILES string of the molecule is Cc1nn(C)c(C)c1CC(=O)Nc1ccccc1C(=O)N[C@@H](C)c1ccccc1. The van der Waals surface area contributed by atoms with E-state index in [2.05, 4.69) is 15.7 Å². The zero-order chi connectivity index (χ0) is 21.0. The number of carbonyl (C=O) groups is 2. The Hall–Kier alpha value is -3.41. The molecule has 0 fully saturated rings. The maximum atomic E-state index is 12.8. The molecule has 0 aliphatic heterocycles. The summed E-state index contributed by atoms with van der Waals surface area (Å²) in [7, 11) is 1.86. The van der Waals surface area contributed by atoms with Gasteiger partial charge in [0.15, 0.2) is 0 Å². The maximum absolute atomic E-state index is 12.8. The Morgan fingerprint density at radius 2 is 1.69 bits per heavy atom. The molecule has 6 nitrogen and oxygen atoms in total. The number of hydrogen-bond acceptors (Lipinski definition) is 3. The second kappa shape index (κ2) is 8.73. The quantitative estimate of drug-likeness (QED) is 0.674. The van der Waals surface area contributed by atoms with Gasteiger partial charge in [0.2, 0.25) is 5.91 Å². The van der Waals surface area contributed by atoms with E-state index < -0.39 is 0 Å². The number of hydrogen-bond donors (Lipinski definition) is 2. The molecule has 2 N–H and O–H groups in total. The fourth-order valence-electron chi connectivity index (χ4n) is 3.32. The van der Waals surface area contributed by atoms with Gasteiger partial charge in [-0.25, -0.2) is 0 Å². The number of aromatic nitrogens is 2. The number of amides is 2. The molecule has 2 amide bonds. The molecule has 6 heteroatoms. The molecule has 3 rings (SSSR count). The standard InChI is InChI=1S/C23H26N4O2/c1-15(18-10-6-5-7-11-18)24-23(29)19-12-8-9-13-21(19)25-22(28)14-20-16(2)26-27(4)17(20)3/h5-13,15H,14H2,1-4H3,(H,24,29)(H,25,28)/t15-/m0/s1. The summed E-state index contributed by atoms with van der Waals surface area (Å²) < 4.78 is 1.77. The monoisotopic (exact) mass is 390 g/mol. The van der Waals surface area contributed by atoms with Crippen molar-refractivity contribution in [2.45, 2.75) is 33.2 Å². The first kappa shape index (κ1) is 20.3. The number of carbonyl (C=O) groups excluding carboxylic acids is 2. The molecule has 0 radical (unpaired) electrons. The van der Waals surface area contributed by atoms with Gasteiger partial charge in [-0.2, -0.15) is 5.10 Å². The lowest BCUT2D eigenvalue weighted by Gasteiger charge is -2.16. The summed E-state index contributed by atoms with van der Waals surface area (Å²) in [5.74, 6) is -0.411. The molecule has 0 aliphatic rings. The maximum Gasteiger partial charge on any atom is 0.253 e. The third kappa shape index (κ3) is 4.71. The molecule has 0 bridgehead atoms. The van der Waals surface area contributed by atoms with Crippen molar-refractivity contribution in [1.29, 1.82) is 0 Å². The summed E-state index contributed by atoms with van der Waals surface area (Å²) in [5.41, 5.74) is 4.65. The van der Waals surface area contributed by atoms with E-state index in [-0.39, 0.29) is 24.3 Å². The molecular formula is C23H26N4O2.